The number of hydrogen-bond acceptors (Lipinski definition) is 4. The number of rotatable bonds is 3. The van der Waals surface area contributed by atoms with Crippen molar-refractivity contribution in [3.05, 3.63) is 0 Å². The van der Waals surface area contributed by atoms with Gasteiger partial charge < -0.3 is 14.7 Å². The SMILES string of the molecule is [2H]CC(O)C1CCN(C(=O)CC(=O)OC)C1. The van der Waals surface area contributed by atoms with E-state index >= 15 is 0 Å². The quantitative estimate of drug-likeness (QED) is 0.523. The molecule has 0 bridgehead atoms. The maximum Gasteiger partial charge on any atom is 0.315 e. The maximum absolute atomic E-state index is 11.6. The predicted molar refractivity (Wildman–Crippen MR) is 53.0 cm³/mol. The van der Waals surface area contributed by atoms with E-state index in [9.17, 15) is 14.7 Å². The fourth-order valence-electron chi connectivity index (χ4n) is 1.64. The maximum atomic E-state index is 11.6. The Morgan fingerprint density at radius 2 is 2.47 bits per heavy atom. The van der Waals surface area contributed by atoms with Crippen molar-refractivity contribution in [1.82, 2.24) is 4.90 Å². The van der Waals surface area contributed by atoms with Gasteiger partial charge in [-0.15, -0.1) is 0 Å². The van der Waals surface area contributed by atoms with Crippen LogP contribution in [0.25, 0.3) is 0 Å². The Hall–Kier alpha value is -1.10. The van der Waals surface area contributed by atoms with Crippen LogP contribution >= 0.6 is 0 Å². The van der Waals surface area contributed by atoms with Crippen LogP contribution in [0.5, 0.6) is 0 Å². The highest BCUT2D eigenvalue weighted by atomic mass is 16.5. The van der Waals surface area contributed by atoms with Gasteiger partial charge in [-0.3, -0.25) is 9.59 Å². The van der Waals surface area contributed by atoms with Crippen molar-refractivity contribution in [1.29, 1.82) is 0 Å². The van der Waals surface area contributed by atoms with Gasteiger partial charge in [-0.05, 0) is 13.3 Å². The number of carbonyl (C=O) groups excluding carboxylic acids is 2. The molecule has 86 valence electrons. The minimum atomic E-state index is -0.684. The molecule has 0 saturated carbocycles. The van der Waals surface area contributed by atoms with Crippen molar-refractivity contribution in [2.24, 2.45) is 5.92 Å². The van der Waals surface area contributed by atoms with Crippen LogP contribution in [0.1, 0.15) is 21.1 Å². The van der Waals surface area contributed by atoms with Crippen LogP contribution in [-0.2, 0) is 14.3 Å². The zero-order valence-corrected chi connectivity index (χ0v) is 8.81. The second kappa shape index (κ2) is 5.11. The highest BCUT2D eigenvalue weighted by molar-refractivity contribution is 5.94. The Morgan fingerprint density at radius 3 is 3.07 bits per heavy atom. The number of hydrogen-bond donors (Lipinski definition) is 1. The van der Waals surface area contributed by atoms with Gasteiger partial charge >= 0.3 is 5.97 Å². The Bertz CT molecular complexity index is 272. The van der Waals surface area contributed by atoms with Gasteiger partial charge in [-0.25, -0.2) is 0 Å². The fraction of sp³-hybridized carbons (Fsp3) is 0.800. The summed E-state index contributed by atoms with van der Waals surface area (Å²) in [6, 6.07) is 0. The van der Waals surface area contributed by atoms with Gasteiger partial charge in [-0.1, -0.05) is 0 Å². The molecule has 15 heavy (non-hydrogen) atoms. The van der Waals surface area contributed by atoms with Crippen LogP contribution in [0.4, 0.5) is 0 Å². The molecule has 2 atom stereocenters. The third-order valence-corrected chi connectivity index (χ3v) is 2.64. The summed E-state index contributed by atoms with van der Waals surface area (Å²) in [7, 11) is 1.24. The largest absolute Gasteiger partial charge is 0.469 e. The van der Waals surface area contributed by atoms with Crippen molar-refractivity contribution < 1.29 is 20.8 Å². The number of esters is 1. The van der Waals surface area contributed by atoms with Gasteiger partial charge in [0.1, 0.15) is 6.42 Å². The highest BCUT2D eigenvalue weighted by Crippen LogP contribution is 2.20. The van der Waals surface area contributed by atoms with Gasteiger partial charge in [0.05, 0.1) is 13.2 Å². The zero-order chi connectivity index (χ0) is 12.1. The molecule has 0 aromatic heterocycles. The lowest BCUT2D eigenvalue weighted by atomic mass is 10.0. The zero-order valence-electron chi connectivity index (χ0n) is 9.81. The standard InChI is InChI=1S/C10H17NO4/c1-7(12)8-3-4-11(6-8)9(13)5-10(14)15-2/h7-8,12H,3-6H2,1-2H3/i1D. The number of carbonyl (C=O) groups is 2. The van der Waals surface area contributed by atoms with Crippen LogP contribution in [0.2, 0.25) is 0 Å². The van der Waals surface area contributed by atoms with E-state index in [4.69, 9.17) is 1.37 Å². The van der Waals surface area contributed by atoms with E-state index in [-0.39, 0.29) is 25.1 Å². The first-order chi connectivity index (χ1) is 7.58. The van der Waals surface area contributed by atoms with Gasteiger partial charge in [-0.2, -0.15) is 0 Å². The van der Waals surface area contributed by atoms with Crippen molar-refractivity contribution in [3.63, 3.8) is 0 Å². The summed E-state index contributed by atoms with van der Waals surface area (Å²) in [5.41, 5.74) is 0. The van der Waals surface area contributed by atoms with Crippen LogP contribution in [0, 0.1) is 5.92 Å². The monoisotopic (exact) mass is 216 g/mol. The van der Waals surface area contributed by atoms with E-state index in [0.29, 0.717) is 19.5 Å². The molecule has 1 rings (SSSR count). The van der Waals surface area contributed by atoms with Gasteiger partial charge in [0.15, 0.2) is 0 Å². The van der Waals surface area contributed by atoms with Gasteiger partial charge in [0, 0.05) is 20.4 Å². The number of ether oxygens (including phenoxy) is 1. The normalized spacial score (nSPS) is 23.5. The summed E-state index contributed by atoms with van der Waals surface area (Å²) in [5.74, 6) is -0.861. The van der Waals surface area contributed by atoms with Crippen molar-refractivity contribution in [2.75, 3.05) is 20.2 Å². The van der Waals surface area contributed by atoms with E-state index in [1.165, 1.54) is 7.11 Å². The number of methoxy groups -OCH3 is 1. The average Bonchev–Trinajstić information content (AvgIpc) is 2.77. The molecular formula is C10H17NO4. The molecule has 0 aliphatic carbocycles. The highest BCUT2D eigenvalue weighted by Gasteiger charge is 2.29. The average molecular weight is 216 g/mol. The molecule has 0 spiro atoms. The molecule has 1 N–H and O–H groups in total. The Kier molecular flexibility index (Phi) is 3.55. The lowest BCUT2D eigenvalue weighted by Gasteiger charge is -2.17. The number of likely N-dealkylation sites (tertiary alicyclic amines) is 1. The summed E-state index contributed by atoms with van der Waals surface area (Å²) in [6.45, 7) is 0.914. The number of aliphatic hydroxyl groups is 1. The molecule has 1 amide bonds. The Morgan fingerprint density at radius 1 is 1.73 bits per heavy atom. The molecule has 0 aromatic rings. The summed E-state index contributed by atoms with van der Waals surface area (Å²) < 4.78 is 11.5. The molecule has 2 unspecified atom stereocenters. The van der Waals surface area contributed by atoms with Gasteiger partial charge in [0.25, 0.3) is 0 Å². The Labute approximate surface area is 90.4 Å². The lowest BCUT2D eigenvalue weighted by molar-refractivity contribution is -0.146. The molecule has 0 radical (unpaired) electrons. The van der Waals surface area contributed by atoms with Crippen molar-refractivity contribution >= 4 is 11.9 Å². The van der Waals surface area contributed by atoms with Crippen LogP contribution in [0.3, 0.4) is 0 Å². The smallest absolute Gasteiger partial charge is 0.315 e. The second-order valence-electron chi connectivity index (χ2n) is 3.71. The van der Waals surface area contributed by atoms with Crippen molar-refractivity contribution in [3.8, 4) is 0 Å². The molecule has 1 heterocycles. The Balaban J connectivity index is 2.40. The van der Waals surface area contributed by atoms with Gasteiger partial charge in [0.2, 0.25) is 5.91 Å². The molecule has 5 heteroatoms. The molecule has 0 aromatic carbocycles. The lowest BCUT2D eigenvalue weighted by Crippen LogP contribution is -2.32. The first-order valence-electron chi connectivity index (χ1n) is 5.61. The molecule has 1 saturated heterocycles. The molecular weight excluding hydrogens is 198 g/mol. The van der Waals surface area contributed by atoms with E-state index in [2.05, 4.69) is 4.74 Å². The summed E-state index contributed by atoms with van der Waals surface area (Å²) >= 11 is 0. The van der Waals surface area contributed by atoms with E-state index < -0.39 is 12.1 Å². The minimum Gasteiger partial charge on any atom is -0.469 e. The summed E-state index contributed by atoms with van der Waals surface area (Å²) in [6.07, 6.45) is -0.247. The predicted octanol–water partition coefficient (Wildman–Crippen LogP) is -0.221. The number of amides is 1. The second-order valence-corrected chi connectivity index (χ2v) is 3.71. The number of aliphatic hydroxyl groups excluding tert-OH is 1. The van der Waals surface area contributed by atoms with E-state index in [1.54, 1.807) is 4.90 Å². The summed E-state index contributed by atoms with van der Waals surface area (Å²) in [5, 5.41) is 9.47. The molecule has 1 aliphatic rings. The van der Waals surface area contributed by atoms with Crippen molar-refractivity contribution in [2.45, 2.75) is 25.8 Å². The third kappa shape index (κ3) is 3.20. The first kappa shape index (κ1) is 10.4. The van der Waals surface area contributed by atoms with Crippen LogP contribution in [-0.4, -0.2) is 48.2 Å². The van der Waals surface area contributed by atoms with Crippen LogP contribution in [0.15, 0.2) is 0 Å². The third-order valence-electron chi connectivity index (χ3n) is 2.64. The summed E-state index contributed by atoms with van der Waals surface area (Å²) in [4.78, 5) is 24.0. The topological polar surface area (TPSA) is 66.8 Å². The molecule has 5 nitrogen and oxygen atoms in total. The van der Waals surface area contributed by atoms with E-state index in [1.807, 2.05) is 0 Å². The fourth-order valence-corrected chi connectivity index (χ4v) is 1.64. The molecule has 1 fully saturated rings. The van der Waals surface area contributed by atoms with E-state index in [0.717, 1.165) is 0 Å². The van der Waals surface area contributed by atoms with Crippen LogP contribution < -0.4 is 0 Å². The number of nitrogens with zero attached hydrogens (tertiary/aromatic N) is 1. The minimum absolute atomic E-state index is 0.0425. The molecule has 1 aliphatic heterocycles. The first-order valence-corrected chi connectivity index (χ1v) is 4.90.